The Morgan fingerprint density at radius 2 is 2.05 bits per heavy atom. The monoisotopic (exact) mass is 306 g/mol. The fourth-order valence-electron chi connectivity index (χ4n) is 1.66. The first kappa shape index (κ1) is 15.0. The van der Waals surface area contributed by atoms with Crippen LogP contribution < -0.4 is 10.1 Å². The van der Waals surface area contributed by atoms with Crippen LogP contribution in [-0.2, 0) is 16.0 Å². The van der Waals surface area contributed by atoms with Crippen molar-refractivity contribution in [1.82, 2.24) is 10.3 Å². The summed E-state index contributed by atoms with van der Waals surface area (Å²) < 4.78 is 5.09. The first-order chi connectivity index (χ1) is 10.1. The van der Waals surface area contributed by atoms with Gasteiger partial charge in [0.1, 0.15) is 17.3 Å². The van der Waals surface area contributed by atoms with Crippen LogP contribution in [0, 0.1) is 0 Å². The third-order valence-corrected chi connectivity index (χ3v) is 3.61. The number of nitrogens with zero attached hydrogens (tertiary/aromatic N) is 1. The minimum atomic E-state index is -1.07. The molecule has 0 atom stereocenters. The molecular formula is C14H14N2O4S. The molecule has 1 amide bonds. The van der Waals surface area contributed by atoms with Crippen LogP contribution in [-0.4, -0.2) is 35.6 Å². The van der Waals surface area contributed by atoms with Gasteiger partial charge in [-0.15, -0.1) is 11.3 Å². The van der Waals surface area contributed by atoms with Gasteiger partial charge in [-0.3, -0.25) is 9.59 Å². The Morgan fingerprint density at radius 1 is 1.33 bits per heavy atom. The molecule has 110 valence electrons. The van der Waals surface area contributed by atoms with Gasteiger partial charge in [0.05, 0.1) is 19.2 Å². The number of thiazole rings is 1. The van der Waals surface area contributed by atoms with Gasteiger partial charge in [0.15, 0.2) is 0 Å². The maximum atomic E-state index is 11.5. The summed E-state index contributed by atoms with van der Waals surface area (Å²) in [5.74, 6) is -0.659. The van der Waals surface area contributed by atoms with Crippen LogP contribution in [0.25, 0.3) is 10.6 Å². The number of methoxy groups -OCH3 is 1. The third kappa shape index (κ3) is 4.28. The summed E-state index contributed by atoms with van der Waals surface area (Å²) >= 11 is 1.43. The Morgan fingerprint density at radius 3 is 2.67 bits per heavy atom. The molecule has 2 rings (SSSR count). The van der Waals surface area contributed by atoms with Crippen LogP contribution in [0.2, 0.25) is 0 Å². The zero-order chi connectivity index (χ0) is 15.2. The molecule has 1 heterocycles. The predicted molar refractivity (Wildman–Crippen MR) is 78.5 cm³/mol. The molecule has 0 aliphatic carbocycles. The van der Waals surface area contributed by atoms with Crippen LogP contribution in [0.3, 0.4) is 0 Å². The van der Waals surface area contributed by atoms with Crippen molar-refractivity contribution in [1.29, 1.82) is 0 Å². The molecule has 1 aromatic heterocycles. The van der Waals surface area contributed by atoms with Crippen molar-refractivity contribution in [2.75, 3.05) is 13.7 Å². The van der Waals surface area contributed by atoms with E-state index >= 15 is 0 Å². The molecule has 0 saturated carbocycles. The van der Waals surface area contributed by atoms with E-state index < -0.39 is 5.97 Å². The van der Waals surface area contributed by atoms with Crippen molar-refractivity contribution in [3.05, 3.63) is 35.3 Å². The molecule has 0 unspecified atom stereocenters. The lowest BCUT2D eigenvalue weighted by atomic mass is 10.2. The first-order valence-corrected chi connectivity index (χ1v) is 7.04. The van der Waals surface area contributed by atoms with Gasteiger partial charge in [0, 0.05) is 10.9 Å². The number of carbonyl (C=O) groups is 2. The van der Waals surface area contributed by atoms with Crippen LogP contribution in [0.15, 0.2) is 29.6 Å². The van der Waals surface area contributed by atoms with E-state index in [1.165, 1.54) is 11.3 Å². The van der Waals surface area contributed by atoms with E-state index in [0.717, 1.165) is 16.3 Å². The van der Waals surface area contributed by atoms with Gasteiger partial charge in [0.2, 0.25) is 5.91 Å². The Labute approximate surface area is 125 Å². The highest BCUT2D eigenvalue weighted by atomic mass is 32.1. The van der Waals surface area contributed by atoms with Gasteiger partial charge in [-0.2, -0.15) is 0 Å². The number of carboxylic acid groups (broad SMARTS) is 1. The number of hydrogen-bond donors (Lipinski definition) is 2. The molecule has 0 aliphatic heterocycles. The van der Waals surface area contributed by atoms with E-state index in [-0.39, 0.29) is 18.9 Å². The number of carboxylic acids is 1. The average molecular weight is 306 g/mol. The van der Waals surface area contributed by atoms with Crippen LogP contribution in [0.1, 0.15) is 5.69 Å². The minimum absolute atomic E-state index is 0.0694. The summed E-state index contributed by atoms with van der Waals surface area (Å²) in [6.07, 6.45) is 0.0694. The second-order valence-electron chi connectivity index (χ2n) is 4.22. The van der Waals surface area contributed by atoms with Crippen LogP contribution in [0.4, 0.5) is 0 Å². The standard InChI is InChI=1S/C14H14N2O4S/c1-20-11-4-2-9(3-5-11)14-16-10(8-21-14)6-12(17)15-7-13(18)19/h2-5,8H,6-7H2,1H3,(H,15,17)(H,18,19). The number of aliphatic carboxylic acids is 1. The van der Waals surface area contributed by atoms with Gasteiger partial charge < -0.3 is 15.2 Å². The maximum Gasteiger partial charge on any atom is 0.322 e. The van der Waals surface area contributed by atoms with Crippen LogP contribution >= 0.6 is 11.3 Å². The van der Waals surface area contributed by atoms with Crippen molar-refractivity contribution >= 4 is 23.2 Å². The number of benzene rings is 1. The molecule has 0 aliphatic rings. The number of nitrogens with one attached hydrogen (secondary N) is 1. The number of amides is 1. The highest BCUT2D eigenvalue weighted by molar-refractivity contribution is 7.13. The molecule has 21 heavy (non-hydrogen) atoms. The second kappa shape index (κ2) is 6.85. The van der Waals surface area contributed by atoms with Gasteiger partial charge in [-0.1, -0.05) is 0 Å². The molecule has 7 heteroatoms. The quantitative estimate of drug-likeness (QED) is 0.845. The van der Waals surface area contributed by atoms with Crippen molar-refractivity contribution in [3.63, 3.8) is 0 Å². The molecule has 0 spiro atoms. The lowest BCUT2D eigenvalue weighted by molar-refractivity contribution is -0.137. The third-order valence-electron chi connectivity index (χ3n) is 2.67. The molecule has 0 saturated heterocycles. The molecule has 6 nitrogen and oxygen atoms in total. The van der Waals surface area contributed by atoms with Gasteiger partial charge in [-0.05, 0) is 24.3 Å². The van der Waals surface area contributed by atoms with Crippen molar-refractivity contribution in [2.24, 2.45) is 0 Å². The molecular weight excluding hydrogens is 292 g/mol. The lowest BCUT2D eigenvalue weighted by Crippen LogP contribution is -2.30. The average Bonchev–Trinajstić information content (AvgIpc) is 2.93. The van der Waals surface area contributed by atoms with E-state index in [9.17, 15) is 9.59 Å². The number of carbonyl (C=O) groups excluding carboxylic acids is 1. The van der Waals surface area contributed by atoms with Crippen molar-refractivity contribution in [3.8, 4) is 16.3 Å². The Bertz CT molecular complexity index is 637. The van der Waals surface area contributed by atoms with E-state index in [4.69, 9.17) is 9.84 Å². The minimum Gasteiger partial charge on any atom is -0.497 e. The van der Waals surface area contributed by atoms with Gasteiger partial charge in [-0.25, -0.2) is 4.98 Å². The largest absolute Gasteiger partial charge is 0.497 e. The maximum absolute atomic E-state index is 11.5. The highest BCUT2D eigenvalue weighted by Gasteiger charge is 2.10. The first-order valence-electron chi connectivity index (χ1n) is 6.16. The summed E-state index contributed by atoms with van der Waals surface area (Å²) in [6.45, 7) is -0.381. The van der Waals surface area contributed by atoms with Crippen LogP contribution in [0.5, 0.6) is 5.75 Å². The summed E-state index contributed by atoms with van der Waals surface area (Å²) in [4.78, 5) is 26.3. The fourth-order valence-corrected chi connectivity index (χ4v) is 2.48. The Kier molecular flexibility index (Phi) is 4.89. The summed E-state index contributed by atoms with van der Waals surface area (Å²) in [6, 6.07) is 7.48. The summed E-state index contributed by atoms with van der Waals surface area (Å²) in [7, 11) is 1.60. The molecule has 0 fully saturated rings. The molecule has 2 N–H and O–H groups in total. The molecule has 1 aromatic carbocycles. The van der Waals surface area contributed by atoms with Gasteiger partial charge in [0.25, 0.3) is 0 Å². The van der Waals surface area contributed by atoms with E-state index in [2.05, 4.69) is 10.3 Å². The molecule has 0 bridgehead atoms. The lowest BCUT2D eigenvalue weighted by Gasteiger charge is -2.01. The predicted octanol–water partition coefficient (Wildman–Crippen LogP) is 1.56. The van der Waals surface area contributed by atoms with E-state index in [0.29, 0.717) is 5.69 Å². The van der Waals surface area contributed by atoms with Gasteiger partial charge >= 0.3 is 5.97 Å². The SMILES string of the molecule is COc1ccc(-c2nc(CC(=O)NCC(=O)O)cs2)cc1. The summed E-state index contributed by atoms with van der Waals surface area (Å²) in [5.41, 5.74) is 1.56. The number of aromatic nitrogens is 1. The van der Waals surface area contributed by atoms with Crippen molar-refractivity contribution in [2.45, 2.75) is 6.42 Å². The Hall–Kier alpha value is -2.41. The zero-order valence-corrected chi connectivity index (χ0v) is 12.1. The zero-order valence-electron chi connectivity index (χ0n) is 11.3. The topological polar surface area (TPSA) is 88.5 Å². The number of ether oxygens (including phenoxy) is 1. The van der Waals surface area contributed by atoms with E-state index in [1.807, 2.05) is 24.3 Å². The fraction of sp³-hybridized carbons (Fsp3) is 0.214. The van der Waals surface area contributed by atoms with Crippen molar-refractivity contribution < 1.29 is 19.4 Å². The molecule has 0 radical (unpaired) electrons. The normalized spacial score (nSPS) is 10.1. The Balaban J connectivity index is 2.00. The smallest absolute Gasteiger partial charge is 0.322 e. The second-order valence-corrected chi connectivity index (χ2v) is 5.08. The summed E-state index contributed by atoms with van der Waals surface area (Å²) in [5, 5.41) is 13.4. The number of rotatable bonds is 6. The highest BCUT2D eigenvalue weighted by Crippen LogP contribution is 2.25. The van der Waals surface area contributed by atoms with E-state index in [1.54, 1.807) is 12.5 Å². The molecule has 2 aromatic rings. The number of hydrogen-bond acceptors (Lipinski definition) is 5.